The van der Waals surface area contributed by atoms with Gasteiger partial charge in [0.25, 0.3) is 0 Å². The molecule has 0 saturated heterocycles. The van der Waals surface area contributed by atoms with E-state index in [1.807, 2.05) is 57.2 Å². The number of nitrogens with one attached hydrogen (secondary N) is 2. The van der Waals surface area contributed by atoms with Gasteiger partial charge in [-0.1, -0.05) is 30.3 Å². The van der Waals surface area contributed by atoms with E-state index in [4.69, 9.17) is 4.74 Å². The number of hydrogen-bond donors (Lipinski definition) is 2. The summed E-state index contributed by atoms with van der Waals surface area (Å²) in [7, 11) is 0. The summed E-state index contributed by atoms with van der Waals surface area (Å²) in [6.07, 6.45) is -0.0113. The molecule has 0 spiro atoms. The zero-order chi connectivity index (χ0) is 17.2. The second-order valence-corrected chi connectivity index (χ2v) is 7.14. The van der Waals surface area contributed by atoms with E-state index in [1.165, 1.54) is 0 Å². The molecular weight excluding hydrogens is 300 g/mol. The van der Waals surface area contributed by atoms with Crippen molar-refractivity contribution in [2.45, 2.75) is 32.4 Å². The Morgan fingerprint density at radius 3 is 2.67 bits per heavy atom. The van der Waals surface area contributed by atoms with Gasteiger partial charge in [0.15, 0.2) is 5.78 Å². The Balaban J connectivity index is 1.71. The average Bonchev–Trinajstić information content (AvgIpc) is 2.59. The molecule has 1 unspecified atom stereocenters. The molecule has 0 radical (unpaired) electrons. The van der Waals surface area contributed by atoms with E-state index in [9.17, 15) is 4.79 Å². The molecule has 4 nitrogen and oxygen atoms in total. The maximum absolute atomic E-state index is 12.3. The Bertz CT molecular complexity index is 720. The summed E-state index contributed by atoms with van der Waals surface area (Å²) in [5.41, 5.74) is 2.64. The van der Waals surface area contributed by atoms with Crippen molar-refractivity contribution in [3.8, 4) is 5.75 Å². The molecule has 0 aromatic heterocycles. The zero-order valence-electron chi connectivity index (χ0n) is 14.4. The molecule has 4 heteroatoms. The summed E-state index contributed by atoms with van der Waals surface area (Å²) >= 11 is 0. The normalized spacial score (nSPS) is 16.7. The van der Waals surface area contributed by atoms with Gasteiger partial charge in [0.2, 0.25) is 0 Å². The number of ketones is 1. The lowest BCUT2D eigenvalue weighted by molar-refractivity contribution is 0.0982. The van der Waals surface area contributed by atoms with Crippen molar-refractivity contribution in [1.29, 1.82) is 0 Å². The first-order valence-corrected chi connectivity index (χ1v) is 8.30. The number of benzene rings is 2. The van der Waals surface area contributed by atoms with Crippen molar-refractivity contribution in [2.24, 2.45) is 0 Å². The second kappa shape index (κ2) is 6.65. The minimum absolute atomic E-state index is 0.0113. The number of rotatable bonds is 4. The molecule has 1 aliphatic heterocycles. The van der Waals surface area contributed by atoms with E-state index in [-0.39, 0.29) is 17.4 Å². The maximum Gasteiger partial charge on any atom is 0.176 e. The lowest BCUT2D eigenvalue weighted by Gasteiger charge is -2.28. The van der Waals surface area contributed by atoms with E-state index < -0.39 is 0 Å². The fourth-order valence-corrected chi connectivity index (χ4v) is 2.64. The largest absolute Gasteiger partial charge is 0.482 e. The van der Waals surface area contributed by atoms with Gasteiger partial charge in [-0.05, 0) is 44.5 Å². The van der Waals surface area contributed by atoms with Crippen molar-refractivity contribution >= 4 is 11.5 Å². The van der Waals surface area contributed by atoms with Gasteiger partial charge >= 0.3 is 0 Å². The summed E-state index contributed by atoms with van der Waals surface area (Å²) in [6, 6.07) is 15.7. The van der Waals surface area contributed by atoms with Gasteiger partial charge in [0.1, 0.15) is 11.9 Å². The number of carbonyl (C=O) groups is 1. The summed E-state index contributed by atoms with van der Waals surface area (Å²) in [4.78, 5) is 12.3. The van der Waals surface area contributed by atoms with Gasteiger partial charge in [0.05, 0.1) is 18.8 Å². The Kier molecular flexibility index (Phi) is 4.58. The third-order valence-corrected chi connectivity index (χ3v) is 4.00. The van der Waals surface area contributed by atoms with Gasteiger partial charge in [-0.25, -0.2) is 0 Å². The molecule has 1 aliphatic rings. The summed E-state index contributed by atoms with van der Waals surface area (Å²) < 4.78 is 6.08. The van der Waals surface area contributed by atoms with Crippen LogP contribution in [0.2, 0.25) is 0 Å². The Hall–Kier alpha value is -2.33. The van der Waals surface area contributed by atoms with Crippen molar-refractivity contribution < 1.29 is 9.53 Å². The molecule has 3 rings (SSSR count). The van der Waals surface area contributed by atoms with E-state index in [0.717, 1.165) is 17.0 Å². The molecule has 0 fully saturated rings. The minimum Gasteiger partial charge on any atom is -0.482 e. The highest BCUT2D eigenvalue weighted by molar-refractivity contribution is 5.98. The van der Waals surface area contributed by atoms with Crippen LogP contribution < -0.4 is 15.4 Å². The second-order valence-electron chi connectivity index (χ2n) is 7.14. The molecule has 0 bridgehead atoms. The molecule has 2 N–H and O–H groups in total. The number of fused-ring (bicyclic) bond motifs is 1. The lowest BCUT2D eigenvalue weighted by atomic mass is 10.0. The van der Waals surface area contributed by atoms with Crippen LogP contribution in [-0.4, -0.2) is 24.4 Å². The van der Waals surface area contributed by atoms with Gasteiger partial charge < -0.3 is 15.4 Å². The zero-order valence-corrected chi connectivity index (χ0v) is 14.4. The SMILES string of the molecule is CC(C)(C)NCC(=O)c1ccc2c(c1)NCC(c1ccccc1)O2. The summed E-state index contributed by atoms with van der Waals surface area (Å²) in [5, 5.41) is 6.61. The van der Waals surface area contributed by atoms with Crippen LogP contribution in [-0.2, 0) is 0 Å². The molecule has 1 atom stereocenters. The van der Waals surface area contributed by atoms with Crippen molar-refractivity contribution in [3.05, 3.63) is 59.7 Å². The number of carbonyl (C=O) groups excluding carboxylic acids is 1. The number of hydrogen-bond acceptors (Lipinski definition) is 4. The summed E-state index contributed by atoms with van der Waals surface area (Å²) in [5.74, 6) is 0.871. The van der Waals surface area contributed by atoms with Crippen LogP contribution in [0.15, 0.2) is 48.5 Å². The lowest BCUT2D eigenvalue weighted by Crippen LogP contribution is -2.39. The Morgan fingerprint density at radius 2 is 1.96 bits per heavy atom. The molecule has 24 heavy (non-hydrogen) atoms. The number of ether oxygens (including phenoxy) is 1. The predicted molar refractivity (Wildman–Crippen MR) is 96.8 cm³/mol. The van der Waals surface area contributed by atoms with Crippen LogP contribution in [0.25, 0.3) is 0 Å². The monoisotopic (exact) mass is 324 g/mol. The van der Waals surface area contributed by atoms with E-state index in [1.54, 1.807) is 0 Å². The molecular formula is C20H24N2O2. The average molecular weight is 324 g/mol. The smallest absolute Gasteiger partial charge is 0.176 e. The molecule has 1 heterocycles. The number of anilines is 1. The first-order valence-electron chi connectivity index (χ1n) is 8.30. The fraction of sp³-hybridized carbons (Fsp3) is 0.350. The quantitative estimate of drug-likeness (QED) is 0.840. The highest BCUT2D eigenvalue weighted by Gasteiger charge is 2.22. The van der Waals surface area contributed by atoms with Crippen LogP contribution in [0, 0.1) is 0 Å². The first kappa shape index (κ1) is 16.5. The molecule has 126 valence electrons. The third-order valence-electron chi connectivity index (χ3n) is 4.00. The van der Waals surface area contributed by atoms with Crippen LogP contribution in [0.4, 0.5) is 5.69 Å². The molecule has 0 aliphatic carbocycles. The third kappa shape index (κ3) is 3.95. The Labute approximate surface area is 143 Å². The van der Waals surface area contributed by atoms with Crippen LogP contribution in [0.3, 0.4) is 0 Å². The van der Waals surface area contributed by atoms with Gasteiger partial charge in [-0.3, -0.25) is 4.79 Å². The first-order chi connectivity index (χ1) is 11.4. The topological polar surface area (TPSA) is 50.4 Å². The highest BCUT2D eigenvalue weighted by atomic mass is 16.5. The van der Waals surface area contributed by atoms with E-state index in [2.05, 4.69) is 22.8 Å². The van der Waals surface area contributed by atoms with Crippen molar-refractivity contribution in [1.82, 2.24) is 5.32 Å². The Morgan fingerprint density at radius 1 is 1.21 bits per heavy atom. The predicted octanol–water partition coefficient (Wildman–Crippen LogP) is 3.80. The van der Waals surface area contributed by atoms with E-state index in [0.29, 0.717) is 18.7 Å². The van der Waals surface area contributed by atoms with Crippen molar-refractivity contribution in [3.63, 3.8) is 0 Å². The standard InChI is InChI=1S/C20H24N2O2/c1-20(2,3)22-12-17(23)15-9-10-18-16(11-15)21-13-19(24-18)14-7-5-4-6-8-14/h4-11,19,21-22H,12-13H2,1-3H3. The molecule has 2 aromatic carbocycles. The minimum atomic E-state index is -0.0753. The highest BCUT2D eigenvalue weighted by Crippen LogP contribution is 2.34. The van der Waals surface area contributed by atoms with Crippen LogP contribution in [0.5, 0.6) is 5.75 Å². The van der Waals surface area contributed by atoms with Gasteiger partial charge in [-0.15, -0.1) is 0 Å². The summed E-state index contributed by atoms with van der Waals surface area (Å²) in [6.45, 7) is 7.16. The van der Waals surface area contributed by atoms with Gasteiger partial charge in [0, 0.05) is 11.1 Å². The van der Waals surface area contributed by atoms with Crippen molar-refractivity contribution in [2.75, 3.05) is 18.4 Å². The molecule has 2 aromatic rings. The van der Waals surface area contributed by atoms with Crippen LogP contribution >= 0.6 is 0 Å². The van der Waals surface area contributed by atoms with Crippen LogP contribution in [0.1, 0.15) is 42.8 Å². The van der Waals surface area contributed by atoms with Gasteiger partial charge in [-0.2, -0.15) is 0 Å². The van der Waals surface area contributed by atoms with E-state index >= 15 is 0 Å². The molecule has 0 saturated carbocycles. The number of Topliss-reactive ketones (excluding diaryl/α,β-unsaturated/α-hetero) is 1. The fourth-order valence-electron chi connectivity index (χ4n) is 2.64. The maximum atomic E-state index is 12.3. The molecule has 0 amide bonds.